The van der Waals surface area contributed by atoms with Gasteiger partial charge >= 0.3 is 0 Å². The van der Waals surface area contributed by atoms with Crippen LogP contribution in [0.15, 0.2) is 394 Å². The molecule has 0 atom stereocenters. The van der Waals surface area contributed by atoms with Crippen LogP contribution < -0.4 is 0 Å². The van der Waals surface area contributed by atoms with E-state index >= 15 is 0 Å². The van der Waals surface area contributed by atoms with Crippen molar-refractivity contribution >= 4 is 294 Å². The molecular formula is C126H65N9. The molecule has 36 rings (SSSR count). The number of fused-ring (bicyclic) bond motifs is 50. The molecule has 0 bridgehead atoms. The molecule has 0 amide bonds. The molecule has 0 aliphatic heterocycles. The zero-order valence-corrected chi connectivity index (χ0v) is 72.1. The third-order valence-electron chi connectivity index (χ3n) is 32.4. The average Bonchev–Trinajstić information content (AvgIpc) is 1.50. The highest BCUT2D eigenvalue weighted by molar-refractivity contribution is 6.45. The van der Waals surface area contributed by atoms with Gasteiger partial charge < -0.3 is 40.1 Å². The molecule has 15 heterocycles. The van der Waals surface area contributed by atoms with Gasteiger partial charge in [0.15, 0.2) is 0 Å². The molecule has 0 aliphatic rings. The van der Waals surface area contributed by atoms with Gasteiger partial charge in [-0.3, -0.25) is 0 Å². The summed E-state index contributed by atoms with van der Waals surface area (Å²) in [7, 11) is 0. The van der Waals surface area contributed by atoms with Crippen molar-refractivity contribution in [1.29, 1.82) is 0 Å². The Balaban J connectivity index is 0.599. The summed E-state index contributed by atoms with van der Waals surface area (Å²) in [6, 6.07) is 151. The zero-order chi connectivity index (χ0) is 86.4. The lowest BCUT2D eigenvalue weighted by atomic mass is 9.96. The predicted octanol–water partition coefficient (Wildman–Crippen LogP) is 33.2. The molecule has 0 spiro atoms. The summed E-state index contributed by atoms with van der Waals surface area (Å²) < 4.78 is 23.2. The van der Waals surface area contributed by atoms with Crippen molar-refractivity contribution in [3.8, 4) is 39.3 Å². The van der Waals surface area contributed by atoms with Gasteiger partial charge in [-0.15, -0.1) is 0 Å². The van der Waals surface area contributed by atoms with Crippen LogP contribution in [0.4, 0.5) is 0 Å². The fraction of sp³-hybridized carbons (Fsp3) is 0. The van der Waals surface area contributed by atoms with Crippen LogP contribution in [0.2, 0.25) is 0 Å². The van der Waals surface area contributed by atoms with Gasteiger partial charge in [-0.05, 0) is 168 Å². The fourth-order valence-electron chi connectivity index (χ4n) is 27.5. The first-order chi connectivity index (χ1) is 67.1. The summed E-state index contributed by atoms with van der Waals surface area (Å²) in [6.45, 7) is 0. The second-order valence-electron chi connectivity index (χ2n) is 38.3. The Kier molecular flexibility index (Phi) is 11.7. The highest BCUT2D eigenvalue weighted by atomic mass is 15.0. The molecule has 614 valence electrons. The Morgan fingerprint density at radius 3 is 1.07 bits per heavy atom. The lowest BCUT2D eigenvalue weighted by Crippen LogP contribution is -1.95. The quantitative estimate of drug-likeness (QED) is 0.165. The maximum atomic E-state index is 2.65. The number of aromatic nitrogens is 9. The molecule has 36 aromatic rings. The maximum absolute atomic E-state index is 2.65. The molecular weight excluding hydrogens is 1640 g/mol. The minimum Gasteiger partial charge on any atom is -0.309 e. The smallest absolute Gasteiger partial charge is 0.0789 e. The number of benzene rings is 21. The predicted molar refractivity (Wildman–Crippen MR) is 568 cm³/mol. The third kappa shape index (κ3) is 7.69. The van der Waals surface area contributed by atoms with Gasteiger partial charge in [0.2, 0.25) is 0 Å². The monoisotopic (exact) mass is 1700 g/mol. The lowest BCUT2D eigenvalue weighted by Gasteiger charge is -2.10. The lowest BCUT2D eigenvalue weighted by molar-refractivity contribution is 1.18. The van der Waals surface area contributed by atoms with Gasteiger partial charge in [0.25, 0.3) is 0 Å². The van der Waals surface area contributed by atoms with E-state index in [1.165, 1.54) is 311 Å². The Morgan fingerprint density at radius 2 is 0.430 bits per heavy atom. The van der Waals surface area contributed by atoms with Gasteiger partial charge in [-0.2, -0.15) is 0 Å². The normalized spacial score (nSPS) is 13.2. The molecule has 0 saturated carbocycles. The van der Waals surface area contributed by atoms with E-state index in [1.54, 1.807) is 0 Å². The van der Waals surface area contributed by atoms with E-state index < -0.39 is 0 Å². The van der Waals surface area contributed by atoms with E-state index in [1.807, 2.05) is 0 Å². The van der Waals surface area contributed by atoms with Crippen LogP contribution in [0.3, 0.4) is 0 Å². The largest absolute Gasteiger partial charge is 0.309 e. The molecule has 21 aromatic carbocycles. The average molecular weight is 1700 g/mol. The van der Waals surface area contributed by atoms with Crippen LogP contribution in [0.1, 0.15) is 0 Å². The van der Waals surface area contributed by atoms with Crippen molar-refractivity contribution in [2.75, 3.05) is 0 Å². The summed E-state index contributed by atoms with van der Waals surface area (Å²) in [5, 5.41) is 38.0. The Hall–Kier alpha value is -18.2. The second-order valence-corrected chi connectivity index (χ2v) is 38.3. The van der Waals surface area contributed by atoms with Gasteiger partial charge in [0, 0.05) is 179 Å². The summed E-state index contributed by atoms with van der Waals surface area (Å²) >= 11 is 0. The van der Waals surface area contributed by atoms with E-state index in [9.17, 15) is 0 Å². The third-order valence-corrected chi connectivity index (χ3v) is 32.4. The van der Waals surface area contributed by atoms with Crippen molar-refractivity contribution in [2.45, 2.75) is 0 Å². The Morgan fingerprint density at radius 1 is 0.111 bits per heavy atom. The van der Waals surface area contributed by atoms with Gasteiger partial charge in [0.1, 0.15) is 0 Å². The van der Waals surface area contributed by atoms with Crippen molar-refractivity contribution in [3.63, 3.8) is 0 Å². The zero-order valence-electron chi connectivity index (χ0n) is 72.1. The highest BCUT2D eigenvalue weighted by Crippen LogP contribution is 2.57. The fourth-order valence-corrected chi connectivity index (χ4v) is 27.5. The SMILES string of the molecule is c1ccc(-n2c3ccccc3c3cc4c(cc32)c2cc3c(c5cccc6c7c(-c8ccc9c(c8)c8ccc%10c%11cc%12c(c%13cccc%14c%15ccccc%15n%12c%14%13)c%12c%13ccccc%13n(c%11%12)c%10c8n9-c8ccccc8)cccc7n3c65)c3c5cc(-c6ccc7c8c9c%10cc%11c(c%12cccc%13c%14ccccc%14n%11c%13%12)c%11c%12ccccc%12n(c9ccc8n(-c8ccccc8)c7c6)c%10%11)ccc5n4c23)cc1. The highest BCUT2D eigenvalue weighted by Gasteiger charge is 2.35. The summed E-state index contributed by atoms with van der Waals surface area (Å²) in [6.07, 6.45) is 0. The second kappa shape index (κ2) is 23.2. The van der Waals surface area contributed by atoms with E-state index in [-0.39, 0.29) is 0 Å². The molecule has 0 fully saturated rings. The molecule has 9 heteroatoms. The van der Waals surface area contributed by atoms with Crippen molar-refractivity contribution in [3.05, 3.63) is 394 Å². The molecule has 135 heavy (non-hydrogen) atoms. The van der Waals surface area contributed by atoms with Gasteiger partial charge in [-0.1, -0.05) is 249 Å². The van der Waals surface area contributed by atoms with E-state index in [0.717, 1.165) is 22.6 Å². The van der Waals surface area contributed by atoms with Crippen LogP contribution in [-0.4, -0.2) is 40.1 Å². The maximum Gasteiger partial charge on any atom is 0.0789 e. The number of hydrogen-bond acceptors (Lipinski definition) is 0. The summed E-state index contributed by atoms with van der Waals surface area (Å²) in [4.78, 5) is 0. The molecule has 0 radical (unpaired) electrons. The Labute approximate surface area is 762 Å². The van der Waals surface area contributed by atoms with E-state index in [4.69, 9.17) is 0 Å². The van der Waals surface area contributed by atoms with Crippen LogP contribution in [0.25, 0.3) is 333 Å². The first-order valence-electron chi connectivity index (χ1n) is 47.1. The summed E-state index contributed by atoms with van der Waals surface area (Å²) in [5.41, 5.74) is 37.5. The molecule has 15 aromatic heterocycles. The topological polar surface area (TPSA) is 41.2 Å². The first kappa shape index (κ1) is 68.0. The Bertz CT molecular complexity index is 11900. The van der Waals surface area contributed by atoms with Crippen molar-refractivity contribution in [2.24, 2.45) is 0 Å². The first-order valence-corrected chi connectivity index (χ1v) is 47.1. The van der Waals surface area contributed by atoms with Crippen LogP contribution in [0.5, 0.6) is 0 Å². The minimum absolute atomic E-state index is 1.13. The number of para-hydroxylation sites is 11. The number of rotatable bonds is 5. The van der Waals surface area contributed by atoms with Crippen molar-refractivity contribution < 1.29 is 0 Å². The van der Waals surface area contributed by atoms with Crippen molar-refractivity contribution in [1.82, 2.24) is 40.1 Å². The van der Waals surface area contributed by atoms with Gasteiger partial charge in [0.05, 0.1) is 132 Å². The molecule has 9 nitrogen and oxygen atoms in total. The van der Waals surface area contributed by atoms with Crippen LogP contribution in [0, 0.1) is 0 Å². The molecule has 0 unspecified atom stereocenters. The number of hydrogen-bond donors (Lipinski definition) is 0. The summed E-state index contributed by atoms with van der Waals surface area (Å²) in [5.74, 6) is 0. The van der Waals surface area contributed by atoms with Crippen LogP contribution >= 0.6 is 0 Å². The number of nitrogens with zero attached hydrogens (tertiary/aromatic N) is 9. The minimum atomic E-state index is 1.13. The molecule has 0 N–H and O–H groups in total. The molecule has 0 saturated heterocycles. The molecule has 0 aliphatic carbocycles. The van der Waals surface area contributed by atoms with E-state index in [0.29, 0.717) is 0 Å². The van der Waals surface area contributed by atoms with Gasteiger partial charge in [-0.25, -0.2) is 0 Å². The van der Waals surface area contributed by atoms with Crippen LogP contribution in [-0.2, 0) is 0 Å². The van der Waals surface area contributed by atoms with E-state index in [2.05, 4.69) is 434 Å². The standard InChI is InChI=1S/C126H65N9/c1-4-24-69(25-5-1)127-94-42-15-12-32-75(94)88-61-106-89(62-105(88)127)91-64-108-114(118-92-58-66(49-54-100(92)131(106)122(91)118)67-48-51-82-104(60-67)128(70-26-6-2-7-27-70)102-56-57-103-115(111(82)102)93-65-109-113(117-80-33-13-18-45-97(80)130(103)124(93)117)85-40-21-37-77-74-31-11-17-44-96(74)133(109)120(77)85)86-41-22-38-83-110-72(35-23-47-101(110)134(108)121(83)86)68-50-55-99-87(59-68)78-52-53-79-90-63-107-112(84-39-20-36-76-73-30-10-16-43-95(73)132(107)119(76)84)116-81-34-14-19-46-98(81)135(123(90)116)126(79)125(78)129(99)71-28-8-3-9-29-71/h1-65H.